The molecule has 1 heterocycles. The van der Waals surface area contributed by atoms with Crippen LogP contribution in [0.3, 0.4) is 0 Å². The van der Waals surface area contributed by atoms with Crippen molar-refractivity contribution in [2.24, 2.45) is 0 Å². The van der Waals surface area contributed by atoms with Crippen molar-refractivity contribution >= 4 is 29.1 Å². The van der Waals surface area contributed by atoms with Crippen molar-refractivity contribution < 1.29 is 19.1 Å². The molecule has 0 atom stereocenters. The molecule has 6 nitrogen and oxygen atoms in total. The summed E-state index contributed by atoms with van der Waals surface area (Å²) in [5.74, 6) is 0.529. The van der Waals surface area contributed by atoms with Crippen LogP contribution in [0.15, 0.2) is 36.4 Å². The summed E-state index contributed by atoms with van der Waals surface area (Å²) >= 11 is 6.37. The molecule has 1 saturated heterocycles. The van der Waals surface area contributed by atoms with E-state index in [1.165, 1.54) is 0 Å². The normalized spacial score (nSPS) is 13.6. The molecule has 0 radical (unpaired) electrons. The molecule has 3 rings (SSSR count). The van der Waals surface area contributed by atoms with E-state index in [2.05, 4.69) is 5.32 Å². The average Bonchev–Trinajstić information content (AvgIpc) is 2.79. The number of halogens is 1. The Kier molecular flexibility index (Phi) is 8.18. The summed E-state index contributed by atoms with van der Waals surface area (Å²) in [5, 5.41) is 3.17. The van der Waals surface area contributed by atoms with Crippen LogP contribution >= 0.6 is 11.6 Å². The summed E-state index contributed by atoms with van der Waals surface area (Å²) in [5.41, 5.74) is 1.47. The molecule has 7 heteroatoms. The van der Waals surface area contributed by atoms with E-state index in [-0.39, 0.29) is 11.8 Å². The first kappa shape index (κ1) is 22.9. The molecule has 1 N–H and O–H groups in total. The minimum Gasteiger partial charge on any atom is -0.490 e. The fourth-order valence-electron chi connectivity index (χ4n) is 3.52. The number of hydrogen-bond donors (Lipinski definition) is 1. The summed E-state index contributed by atoms with van der Waals surface area (Å²) in [6, 6.07) is 10.2. The minimum absolute atomic E-state index is 0.00472. The molecule has 31 heavy (non-hydrogen) atoms. The zero-order chi connectivity index (χ0) is 22.2. The molecule has 2 aromatic rings. The molecule has 0 unspecified atom stereocenters. The van der Waals surface area contributed by atoms with E-state index in [9.17, 15) is 9.59 Å². The SMILES string of the molecule is CCCOc1c(Cl)cc(C(=O)Nc2cccc(C(=O)N3CCCCC3)c2)cc1OCC. The molecule has 0 spiro atoms. The summed E-state index contributed by atoms with van der Waals surface area (Å²) in [7, 11) is 0. The highest BCUT2D eigenvalue weighted by atomic mass is 35.5. The number of rotatable bonds is 8. The van der Waals surface area contributed by atoms with E-state index in [0.29, 0.717) is 46.5 Å². The van der Waals surface area contributed by atoms with Gasteiger partial charge in [0.15, 0.2) is 11.5 Å². The summed E-state index contributed by atoms with van der Waals surface area (Å²) in [6.07, 6.45) is 4.05. The first-order chi connectivity index (χ1) is 15.0. The molecular formula is C24H29ClN2O4. The van der Waals surface area contributed by atoms with Gasteiger partial charge in [-0.15, -0.1) is 0 Å². The van der Waals surface area contributed by atoms with Crippen molar-refractivity contribution in [1.29, 1.82) is 0 Å². The number of anilines is 1. The summed E-state index contributed by atoms with van der Waals surface area (Å²) in [6.45, 7) is 6.34. The smallest absolute Gasteiger partial charge is 0.255 e. The molecule has 1 fully saturated rings. The summed E-state index contributed by atoms with van der Waals surface area (Å²) in [4.78, 5) is 27.5. The maximum atomic E-state index is 12.9. The molecule has 1 aliphatic heterocycles. The zero-order valence-corrected chi connectivity index (χ0v) is 18.8. The van der Waals surface area contributed by atoms with Crippen LogP contribution in [0.25, 0.3) is 0 Å². The Morgan fingerprint density at radius 3 is 2.52 bits per heavy atom. The number of ether oxygens (including phenoxy) is 2. The first-order valence-corrected chi connectivity index (χ1v) is 11.2. The monoisotopic (exact) mass is 444 g/mol. The minimum atomic E-state index is -0.340. The second kappa shape index (κ2) is 11.0. The van der Waals surface area contributed by atoms with Gasteiger partial charge in [-0.05, 0) is 62.9 Å². The lowest BCUT2D eigenvalue weighted by Crippen LogP contribution is -2.35. The van der Waals surface area contributed by atoms with Gasteiger partial charge in [-0.1, -0.05) is 24.6 Å². The predicted octanol–water partition coefficient (Wildman–Crippen LogP) is 5.41. The zero-order valence-electron chi connectivity index (χ0n) is 18.1. The third-order valence-corrected chi connectivity index (χ3v) is 5.31. The maximum absolute atomic E-state index is 12.9. The van der Waals surface area contributed by atoms with Crippen LogP contribution in [-0.2, 0) is 0 Å². The van der Waals surface area contributed by atoms with E-state index in [1.807, 2.05) is 18.7 Å². The van der Waals surface area contributed by atoms with Gasteiger partial charge in [-0.2, -0.15) is 0 Å². The van der Waals surface area contributed by atoms with Crippen molar-refractivity contribution in [2.75, 3.05) is 31.6 Å². The highest BCUT2D eigenvalue weighted by molar-refractivity contribution is 6.32. The van der Waals surface area contributed by atoms with E-state index >= 15 is 0 Å². The second-order valence-electron chi connectivity index (χ2n) is 7.45. The van der Waals surface area contributed by atoms with Crippen LogP contribution in [0.1, 0.15) is 60.2 Å². The van der Waals surface area contributed by atoms with Crippen LogP contribution in [0.5, 0.6) is 11.5 Å². The molecule has 166 valence electrons. The molecule has 2 amide bonds. The number of likely N-dealkylation sites (tertiary alicyclic amines) is 1. The third kappa shape index (κ3) is 5.91. The Morgan fingerprint density at radius 2 is 1.81 bits per heavy atom. The number of hydrogen-bond acceptors (Lipinski definition) is 4. The standard InChI is InChI=1S/C24H29ClN2O4/c1-3-13-31-22-20(25)15-18(16-21(22)30-4-2)23(28)26-19-10-8-9-17(14-19)24(29)27-11-6-5-7-12-27/h8-10,14-16H,3-7,11-13H2,1-2H3,(H,26,28). The lowest BCUT2D eigenvalue weighted by molar-refractivity contribution is 0.0724. The lowest BCUT2D eigenvalue weighted by Gasteiger charge is -2.26. The van der Waals surface area contributed by atoms with Crippen LogP contribution in [-0.4, -0.2) is 43.0 Å². The van der Waals surface area contributed by atoms with Gasteiger partial charge in [0.1, 0.15) is 0 Å². The van der Waals surface area contributed by atoms with Crippen LogP contribution < -0.4 is 14.8 Å². The number of carbonyl (C=O) groups is 2. The number of nitrogens with zero attached hydrogens (tertiary/aromatic N) is 1. The Morgan fingerprint density at radius 1 is 1.03 bits per heavy atom. The predicted molar refractivity (Wildman–Crippen MR) is 123 cm³/mol. The third-order valence-electron chi connectivity index (χ3n) is 5.03. The van der Waals surface area contributed by atoms with E-state index in [0.717, 1.165) is 38.8 Å². The Hall–Kier alpha value is -2.73. The second-order valence-corrected chi connectivity index (χ2v) is 7.86. The Balaban J connectivity index is 1.77. The van der Waals surface area contributed by atoms with Crippen molar-refractivity contribution in [3.63, 3.8) is 0 Å². The van der Waals surface area contributed by atoms with Crippen molar-refractivity contribution in [1.82, 2.24) is 4.90 Å². The van der Waals surface area contributed by atoms with Gasteiger partial charge in [-0.3, -0.25) is 9.59 Å². The van der Waals surface area contributed by atoms with Crippen LogP contribution in [0.2, 0.25) is 5.02 Å². The van der Waals surface area contributed by atoms with Crippen LogP contribution in [0, 0.1) is 0 Å². The molecule has 0 aromatic heterocycles. The molecular weight excluding hydrogens is 416 g/mol. The molecule has 2 aromatic carbocycles. The number of piperidine rings is 1. The van der Waals surface area contributed by atoms with Crippen LogP contribution in [0.4, 0.5) is 5.69 Å². The molecule has 0 saturated carbocycles. The number of nitrogens with one attached hydrogen (secondary N) is 1. The van der Waals surface area contributed by atoms with Gasteiger partial charge in [0.2, 0.25) is 0 Å². The van der Waals surface area contributed by atoms with Gasteiger partial charge in [0.05, 0.1) is 18.2 Å². The highest BCUT2D eigenvalue weighted by Crippen LogP contribution is 2.37. The fourth-order valence-corrected chi connectivity index (χ4v) is 3.78. The number of benzene rings is 2. The van der Waals surface area contributed by atoms with Crippen molar-refractivity contribution in [3.05, 3.63) is 52.5 Å². The largest absolute Gasteiger partial charge is 0.490 e. The van der Waals surface area contributed by atoms with Crippen molar-refractivity contribution in [2.45, 2.75) is 39.5 Å². The van der Waals surface area contributed by atoms with Gasteiger partial charge in [0, 0.05) is 29.9 Å². The highest BCUT2D eigenvalue weighted by Gasteiger charge is 2.20. The fraction of sp³-hybridized carbons (Fsp3) is 0.417. The van der Waals surface area contributed by atoms with E-state index < -0.39 is 0 Å². The maximum Gasteiger partial charge on any atom is 0.255 e. The topological polar surface area (TPSA) is 67.9 Å². The van der Waals surface area contributed by atoms with E-state index in [4.69, 9.17) is 21.1 Å². The Bertz CT molecular complexity index is 926. The average molecular weight is 445 g/mol. The lowest BCUT2D eigenvalue weighted by atomic mass is 10.1. The quantitative estimate of drug-likeness (QED) is 0.591. The van der Waals surface area contributed by atoms with Gasteiger partial charge >= 0.3 is 0 Å². The Labute approximate surface area is 188 Å². The number of amides is 2. The summed E-state index contributed by atoms with van der Waals surface area (Å²) < 4.78 is 11.3. The molecule has 0 bridgehead atoms. The van der Waals surface area contributed by atoms with Gasteiger partial charge in [-0.25, -0.2) is 0 Å². The van der Waals surface area contributed by atoms with Crippen molar-refractivity contribution in [3.8, 4) is 11.5 Å². The van der Waals surface area contributed by atoms with Gasteiger partial charge < -0.3 is 19.7 Å². The molecule has 1 aliphatic rings. The molecule has 0 aliphatic carbocycles. The first-order valence-electron chi connectivity index (χ1n) is 10.8. The van der Waals surface area contributed by atoms with Gasteiger partial charge in [0.25, 0.3) is 11.8 Å². The van der Waals surface area contributed by atoms with E-state index in [1.54, 1.807) is 36.4 Å². The number of carbonyl (C=O) groups excluding carboxylic acids is 2.